The van der Waals surface area contributed by atoms with Crippen molar-refractivity contribution in [2.75, 3.05) is 18.6 Å². The predicted molar refractivity (Wildman–Crippen MR) is 78.0 cm³/mol. The lowest BCUT2D eigenvalue weighted by molar-refractivity contribution is 0.495. The zero-order chi connectivity index (χ0) is 12.8. The number of nitrogens with zero attached hydrogens (tertiary/aromatic N) is 2. The Hall–Kier alpha value is -2.42. The molecule has 0 atom stereocenters. The fraction of sp³-hybridized carbons (Fsp3) is 0.125. The maximum absolute atomic E-state index is 5.92. The van der Waals surface area contributed by atoms with Crippen LogP contribution in [0.4, 0.5) is 5.69 Å². The second-order valence-electron chi connectivity index (χ2n) is 4.95. The van der Waals surface area contributed by atoms with Crippen LogP contribution in [-0.4, -0.2) is 18.6 Å². The molecule has 3 heteroatoms. The number of para-hydroxylation sites is 1. The van der Waals surface area contributed by atoms with Gasteiger partial charge in [-0.15, -0.1) is 0 Å². The quantitative estimate of drug-likeness (QED) is 0.655. The largest absolute Gasteiger partial charge is 0.456 e. The molecule has 3 aromatic rings. The first-order valence-corrected chi connectivity index (χ1v) is 6.38. The van der Waals surface area contributed by atoms with Crippen molar-refractivity contribution in [3.05, 3.63) is 54.9 Å². The molecule has 2 aromatic carbocycles. The molecule has 1 aromatic heterocycles. The molecular weight excluding hydrogens is 236 g/mol. The van der Waals surface area contributed by atoms with Crippen LogP contribution < -0.4 is 4.90 Å². The lowest BCUT2D eigenvalue weighted by Gasteiger charge is -2.17. The molecule has 0 aliphatic carbocycles. The highest BCUT2D eigenvalue weighted by Crippen LogP contribution is 2.32. The number of hydrogen-bond donors (Lipinski definition) is 0. The van der Waals surface area contributed by atoms with E-state index in [1.165, 1.54) is 10.8 Å². The fourth-order valence-corrected chi connectivity index (χ4v) is 2.59. The Balaban J connectivity index is 1.87. The Morgan fingerprint density at radius 3 is 2.63 bits per heavy atom. The van der Waals surface area contributed by atoms with Crippen LogP contribution in [0.15, 0.2) is 59.3 Å². The average Bonchev–Trinajstić information content (AvgIpc) is 3.01. The molecule has 0 amide bonds. The maximum atomic E-state index is 5.92. The third kappa shape index (κ3) is 1.58. The molecule has 4 rings (SSSR count). The molecule has 3 nitrogen and oxygen atoms in total. The molecule has 0 bridgehead atoms. The molecule has 0 unspecified atom stereocenters. The van der Waals surface area contributed by atoms with E-state index in [0.29, 0.717) is 0 Å². The van der Waals surface area contributed by atoms with Crippen molar-refractivity contribution >= 4 is 27.6 Å². The number of furan rings is 1. The highest BCUT2D eigenvalue weighted by atomic mass is 16.3. The standard InChI is InChI=1S/C16H14N2O/c1-17-8-9-18(11-17)12-6-7-14-13-4-2-3-5-15(13)19-16(14)10-12/h2-10H,11H2,1H3. The number of benzene rings is 2. The SMILES string of the molecule is CN1C=CN(c2ccc3c(c2)oc2ccccc23)C1. The van der Waals surface area contributed by atoms with Gasteiger partial charge >= 0.3 is 0 Å². The van der Waals surface area contributed by atoms with E-state index in [1.807, 2.05) is 18.2 Å². The van der Waals surface area contributed by atoms with Gasteiger partial charge in [0.1, 0.15) is 11.2 Å². The lowest BCUT2D eigenvalue weighted by Crippen LogP contribution is -2.21. The third-order valence-corrected chi connectivity index (χ3v) is 3.57. The number of hydrogen-bond acceptors (Lipinski definition) is 3. The summed E-state index contributed by atoms with van der Waals surface area (Å²) >= 11 is 0. The van der Waals surface area contributed by atoms with Crippen molar-refractivity contribution in [3.63, 3.8) is 0 Å². The second-order valence-corrected chi connectivity index (χ2v) is 4.95. The summed E-state index contributed by atoms with van der Waals surface area (Å²) in [5.41, 5.74) is 3.05. The minimum absolute atomic E-state index is 0.881. The highest BCUT2D eigenvalue weighted by molar-refractivity contribution is 6.05. The van der Waals surface area contributed by atoms with Gasteiger partial charge < -0.3 is 14.2 Å². The second kappa shape index (κ2) is 3.79. The van der Waals surface area contributed by atoms with Crippen molar-refractivity contribution in [1.29, 1.82) is 0 Å². The Kier molecular flexibility index (Phi) is 2.09. The van der Waals surface area contributed by atoms with E-state index >= 15 is 0 Å². The van der Waals surface area contributed by atoms with E-state index in [2.05, 4.69) is 53.5 Å². The van der Waals surface area contributed by atoms with E-state index in [-0.39, 0.29) is 0 Å². The molecule has 0 radical (unpaired) electrons. The van der Waals surface area contributed by atoms with Gasteiger partial charge in [-0.3, -0.25) is 0 Å². The summed E-state index contributed by atoms with van der Waals surface area (Å²) in [6.07, 6.45) is 4.16. The first kappa shape index (κ1) is 10.5. The summed E-state index contributed by atoms with van der Waals surface area (Å²) in [5.74, 6) is 0. The number of rotatable bonds is 1. The van der Waals surface area contributed by atoms with E-state index in [1.54, 1.807) is 0 Å². The average molecular weight is 250 g/mol. The number of anilines is 1. The molecule has 0 fully saturated rings. The van der Waals surface area contributed by atoms with Crippen LogP contribution >= 0.6 is 0 Å². The highest BCUT2D eigenvalue weighted by Gasteiger charge is 2.13. The predicted octanol–water partition coefficient (Wildman–Crippen LogP) is 3.77. The van der Waals surface area contributed by atoms with Crippen LogP contribution in [0, 0.1) is 0 Å². The Labute approximate surface area is 111 Å². The van der Waals surface area contributed by atoms with Gasteiger partial charge in [0.05, 0.1) is 6.67 Å². The van der Waals surface area contributed by atoms with Gasteiger partial charge in [0.25, 0.3) is 0 Å². The molecule has 0 spiro atoms. The monoisotopic (exact) mass is 250 g/mol. The maximum Gasteiger partial charge on any atom is 0.137 e. The van der Waals surface area contributed by atoms with Gasteiger partial charge in [-0.25, -0.2) is 0 Å². The van der Waals surface area contributed by atoms with E-state index in [4.69, 9.17) is 4.42 Å². The zero-order valence-electron chi connectivity index (χ0n) is 10.7. The van der Waals surface area contributed by atoms with Crippen molar-refractivity contribution in [3.8, 4) is 0 Å². The lowest BCUT2D eigenvalue weighted by atomic mass is 10.1. The van der Waals surface area contributed by atoms with Gasteiger partial charge in [0.15, 0.2) is 0 Å². The Morgan fingerprint density at radius 2 is 1.79 bits per heavy atom. The molecule has 0 N–H and O–H groups in total. The van der Waals surface area contributed by atoms with Gasteiger partial charge in [-0.2, -0.15) is 0 Å². The molecule has 2 heterocycles. The molecule has 1 aliphatic heterocycles. The molecule has 1 aliphatic rings. The normalized spacial score (nSPS) is 15.0. The summed E-state index contributed by atoms with van der Waals surface area (Å²) in [7, 11) is 2.07. The summed E-state index contributed by atoms with van der Waals surface area (Å²) in [5, 5.41) is 2.36. The van der Waals surface area contributed by atoms with Gasteiger partial charge in [0.2, 0.25) is 0 Å². The minimum Gasteiger partial charge on any atom is -0.456 e. The topological polar surface area (TPSA) is 19.6 Å². The van der Waals surface area contributed by atoms with Crippen molar-refractivity contribution in [2.45, 2.75) is 0 Å². The zero-order valence-corrected chi connectivity index (χ0v) is 10.7. The van der Waals surface area contributed by atoms with Crippen LogP contribution in [0.5, 0.6) is 0 Å². The van der Waals surface area contributed by atoms with Crippen molar-refractivity contribution < 1.29 is 4.42 Å². The van der Waals surface area contributed by atoms with Crippen molar-refractivity contribution in [1.82, 2.24) is 4.90 Å². The molecule has 0 saturated carbocycles. The van der Waals surface area contributed by atoms with Gasteiger partial charge in [-0.05, 0) is 18.2 Å². The number of fused-ring (bicyclic) bond motifs is 3. The summed E-state index contributed by atoms with van der Waals surface area (Å²) in [4.78, 5) is 4.34. The first-order valence-electron chi connectivity index (χ1n) is 6.38. The molecule has 19 heavy (non-hydrogen) atoms. The summed E-state index contributed by atoms with van der Waals surface area (Å²) < 4.78 is 5.92. The summed E-state index contributed by atoms with van der Waals surface area (Å²) in [6.45, 7) is 0.881. The first-order chi connectivity index (χ1) is 9.31. The van der Waals surface area contributed by atoms with Crippen LogP contribution in [0.25, 0.3) is 21.9 Å². The fourth-order valence-electron chi connectivity index (χ4n) is 2.59. The Bertz CT molecular complexity index is 788. The van der Waals surface area contributed by atoms with Crippen LogP contribution in [0.2, 0.25) is 0 Å². The molecular formula is C16H14N2O. The smallest absolute Gasteiger partial charge is 0.137 e. The van der Waals surface area contributed by atoms with Gasteiger partial charge in [0, 0.05) is 42.0 Å². The van der Waals surface area contributed by atoms with Crippen LogP contribution in [0.3, 0.4) is 0 Å². The van der Waals surface area contributed by atoms with Crippen LogP contribution in [-0.2, 0) is 0 Å². The van der Waals surface area contributed by atoms with Crippen molar-refractivity contribution in [2.24, 2.45) is 0 Å². The van der Waals surface area contributed by atoms with E-state index in [9.17, 15) is 0 Å². The van der Waals surface area contributed by atoms with Gasteiger partial charge in [-0.1, -0.05) is 18.2 Å². The van der Waals surface area contributed by atoms with E-state index in [0.717, 1.165) is 23.5 Å². The Morgan fingerprint density at radius 1 is 0.947 bits per heavy atom. The molecule has 94 valence electrons. The minimum atomic E-state index is 0.881. The summed E-state index contributed by atoms with van der Waals surface area (Å²) in [6, 6.07) is 14.6. The van der Waals surface area contributed by atoms with E-state index < -0.39 is 0 Å². The molecule has 0 saturated heterocycles. The third-order valence-electron chi connectivity index (χ3n) is 3.57. The van der Waals surface area contributed by atoms with Crippen LogP contribution in [0.1, 0.15) is 0 Å².